The summed E-state index contributed by atoms with van der Waals surface area (Å²) in [4.78, 5) is 10.2. The molecule has 0 atom stereocenters. The Balaban J connectivity index is 1.36. The molecule has 214 valence electrons. The van der Waals surface area contributed by atoms with Gasteiger partial charge in [-0.1, -0.05) is 127 Å². The minimum Gasteiger partial charge on any atom is -0.236 e. The first-order valence-corrected chi connectivity index (χ1v) is 15.7. The van der Waals surface area contributed by atoms with Gasteiger partial charge >= 0.3 is 0 Å². The summed E-state index contributed by atoms with van der Waals surface area (Å²) >= 11 is 0. The second kappa shape index (κ2) is 10.8. The number of nitrogens with zero attached hydrogens (tertiary/aromatic N) is 2. The summed E-state index contributed by atoms with van der Waals surface area (Å²) < 4.78 is 0. The molecule has 0 N–H and O–H groups in total. The average molecular weight is 585 g/mol. The van der Waals surface area contributed by atoms with Crippen molar-refractivity contribution in [3.63, 3.8) is 0 Å². The summed E-state index contributed by atoms with van der Waals surface area (Å²) in [5.41, 5.74) is 7.46. The Hall–Kier alpha value is -6.12. The number of aromatic nitrogens is 2. The van der Waals surface area contributed by atoms with Crippen molar-refractivity contribution in [3.8, 4) is 44.9 Å². The van der Waals surface area contributed by atoms with Gasteiger partial charge in [0.15, 0.2) is 5.82 Å². The van der Waals surface area contributed by atoms with E-state index in [-0.39, 0.29) is 0 Å². The van der Waals surface area contributed by atoms with Gasteiger partial charge in [0, 0.05) is 28.5 Å². The summed E-state index contributed by atoms with van der Waals surface area (Å²) in [6, 6.07) is 58.4. The van der Waals surface area contributed by atoms with Gasteiger partial charge in [0.2, 0.25) is 0 Å². The molecule has 2 nitrogen and oxygen atoms in total. The lowest BCUT2D eigenvalue weighted by molar-refractivity contribution is 1.18. The van der Waals surface area contributed by atoms with Gasteiger partial charge in [-0.05, 0) is 90.6 Å². The predicted octanol–water partition coefficient (Wildman–Crippen LogP) is 11.8. The maximum Gasteiger partial charge on any atom is 0.159 e. The van der Waals surface area contributed by atoms with Crippen molar-refractivity contribution in [3.05, 3.63) is 170 Å². The van der Waals surface area contributed by atoms with Gasteiger partial charge < -0.3 is 0 Å². The standard InChI is InChI=1S/C44H28N2/c1-4-12-29(13-5-1)39-21-20-34-24-37-25-35-22-32-18-10-11-19-33(32)23-36(35)26-38(37)27-40(34)42(39)41-28-45-44(31-16-8-3-9-17-31)46-43(41)30-14-6-2-7-15-30/h1-28H. The monoisotopic (exact) mass is 584 g/mol. The van der Waals surface area contributed by atoms with Crippen LogP contribution >= 0.6 is 0 Å². The van der Waals surface area contributed by atoms with Crippen molar-refractivity contribution in [2.75, 3.05) is 0 Å². The van der Waals surface area contributed by atoms with E-state index >= 15 is 0 Å². The average Bonchev–Trinajstić information content (AvgIpc) is 3.12. The first-order chi connectivity index (χ1) is 22.8. The summed E-state index contributed by atoms with van der Waals surface area (Å²) in [6.45, 7) is 0. The van der Waals surface area contributed by atoms with E-state index < -0.39 is 0 Å². The van der Waals surface area contributed by atoms with Crippen LogP contribution in [-0.4, -0.2) is 9.97 Å². The molecule has 9 rings (SSSR count). The second-order valence-electron chi connectivity index (χ2n) is 11.9. The topological polar surface area (TPSA) is 25.8 Å². The lowest BCUT2D eigenvalue weighted by Gasteiger charge is -2.18. The molecule has 2 heteroatoms. The zero-order valence-electron chi connectivity index (χ0n) is 25.1. The van der Waals surface area contributed by atoms with E-state index in [9.17, 15) is 0 Å². The van der Waals surface area contributed by atoms with E-state index in [1.165, 1.54) is 43.1 Å². The van der Waals surface area contributed by atoms with E-state index in [1.807, 2.05) is 24.4 Å². The van der Waals surface area contributed by atoms with Crippen LogP contribution in [0.4, 0.5) is 0 Å². The third-order valence-corrected chi connectivity index (χ3v) is 9.02. The summed E-state index contributed by atoms with van der Waals surface area (Å²) in [6.07, 6.45) is 2.02. The Morgan fingerprint density at radius 3 is 1.48 bits per heavy atom. The molecule has 1 heterocycles. The van der Waals surface area contributed by atoms with Crippen molar-refractivity contribution in [2.24, 2.45) is 0 Å². The molecule has 8 aromatic carbocycles. The van der Waals surface area contributed by atoms with Crippen LogP contribution in [0.5, 0.6) is 0 Å². The predicted molar refractivity (Wildman–Crippen MR) is 194 cm³/mol. The Morgan fingerprint density at radius 1 is 0.348 bits per heavy atom. The Kier molecular flexibility index (Phi) is 6.17. The molecule has 0 spiro atoms. The summed E-state index contributed by atoms with van der Waals surface area (Å²) in [5, 5.41) is 9.82. The molecule has 0 aliphatic rings. The van der Waals surface area contributed by atoms with Crippen LogP contribution in [-0.2, 0) is 0 Å². The van der Waals surface area contributed by atoms with Crippen molar-refractivity contribution in [2.45, 2.75) is 0 Å². The molecule has 0 saturated heterocycles. The fourth-order valence-electron chi connectivity index (χ4n) is 6.77. The van der Waals surface area contributed by atoms with E-state index in [4.69, 9.17) is 9.97 Å². The highest BCUT2D eigenvalue weighted by Gasteiger charge is 2.19. The molecular weight excluding hydrogens is 556 g/mol. The maximum atomic E-state index is 5.25. The lowest BCUT2D eigenvalue weighted by atomic mass is 9.87. The molecule has 0 bridgehead atoms. The van der Waals surface area contributed by atoms with Gasteiger partial charge in [-0.2, -0.15) is 0 Å². The fraction of sp³-hybridized carbons (Fsp3) is 0. The van der Waals surface area contributed by atoms with E-state index in [2.05, 4.69) is 146 Å². The zero-order chi connectivity index (χ0) is 30.5. The van der Waals surface area contributed by atoms with Crippen LogP contribution in [0.2, 0.25) is 0 Å². The molecule has 0 aliphatic carbocycles. The highest BCUT2D eigenvalue weighted by atomic mass is 14.9. The lowest BCUT2D eigenvalue weighted by Crippen LogP contribution is -1.98. The van der Waals surface area contributed by atoms with Crippen LogP contribution in [0.25, 0.3) is 88.0 Å². The first-order valence-electron chi connectivity index (χ1n) is 15.7. The van der Waals surface area contributed by atoms with Crippen molar-refractivity contribution in [1.82, 2.24) is 9.97 Å². The van der Waals surface area contributed by atoms with Gasteiger partial charge in [0.1, 0.15) is 0 Å². The quantitative estimate of drug-likeness (QED) is 0.192. The smallest absolute Gasteiger partial charge is 0.159 e. The number of benzene rings is 8. The Labute approximate surface area is 267 Å². The van der Waals surface area contributed by atoms with Crippen LogP contribution in [0.15, 0.2) is 170 Å². The van der Waals surface area contributed by atoms with E-state index in [0.29, 0.717) is 5.82 Å². The van der Waals surface area contributed by atoms with Crippen LogP contribution in [0.1, 0.15) is 0 Å². The third-order valence-electron chi connectivity index (χ3n) is 9.02. The van der Waals surface area contributed by atoms with Gasteiger partial charge in [-0.3, -0.25) is 0 Å². The minimum atomic E-state index is 0.717. The van der Waals surface area contributed by atoms with Crippen LogP contribution < -0.4 is 0 Å². The maximum absolute atomic E-state index is 5.25. The van der Waals surface area contributed by atoms with E-state index in [1.54, 1.807) is 0 Å². The largest absolute Gasteiger partial charge is 0.236 e. The minimum absolute atomic E-state index is 0.717. The normalized spacial score (nSPS) is 11.5. The molecule has 1 aromatic heterocycles. The zero-order valence-corrected chi connectivity index (χ0v) is 25.1. The molecule has 9 aromatic rings. The fourth-order valence-corrected chi connectivity index (χ4v) is 6.77. The van der Waals surface area contributed by atoms with Crippen molar-refractivity contribution in [1.29, 1.82) is 0 Å². The van der Waals surface area contributed by atoms with Gasteiger partial charge in [0.25, 0.3) is 0 Å². The number of hydrogen-bond donors (Lipinski definition) is 0. The van der Waals surface area contributed by atoms with Gasteiger partial charge in [0.05, 0.1) is 5.69 Å². The molecule has 0 radical (unpaired) electrons. The van der Waals surface area contributed by atoms with Crippen LogP contribution in [0.3, 0.4) is 0 Å². The molecule has 0 unspecified atom stereocenters. The molecule has 0 amide bonds. The van der Waals surface area contributed by atoms with Crippen molar-refractivity contribution >= 4 is 43.1 Å². The van der Waals surface area contributed by atoms with Crippen LogP contribution in [0, 0.1) is 0 Å². The summed E-state index contributed by atoms with van der Waals surface area (Å²) in [5.74, 6) is 0.717. The Bertz CT molecular complexity index is 2560. The molecule has 0 saturated carbocycles. The first kappa shape index (κ1) is 26.3. The molecule has 46 heavy (non-hydrogen) atoms. The van der Waals surface area contributed by atoms with E-state index in [0.717, 1.165) is 39.1 Å². The molecule has 0 aliphatic heterocycles. The highest BCUT2D eigenvalue weighted by Crippen LogP contribution is 2.43. The second-order valence-corrected chi connectivity index (χ2v) is 11.9. The number of hydrogen-bond acceptors (Lipinski definition) is 2. The summed E-state index contributed by atoms with van der Waals surface area (Å²) in [7, 11) is 0. The number of fused-ring (bicyclic) bond motifs is 4. The SMILES string of the molecule is c1ccc(-c2ncc(-c3c(-c4ccccc4)ccc4cc5cc6cc7ccccc7cc6cc5cc34)c(-c3ccccc3)n2)cc1. The Morgan fingerprint density at radius 2 is 0.848 bits per heavy atom. The van der Waals surface area contributed by atoms with Crippen molar-refractivity contribution < 1.29 is 0 Å². The molecule has 0 fully saturated rings. The van der Waals surface area contributed by atoms with Gasteiger partial charge in [-0.25, -0.2) is 9.97 Å². The third kappa shape index (κ3) is 4.51. The molecular formula is C44H28N2. The highest BCUT2D eigenvalue weighted by molar-refractivity contribution is 6.13. The number of rotatable bonds is 4. The van der Waals surface area contributed by atoms with Gasteiger partial charge in [-0.15, -0.1) is 0 Å².